The molecule has 1 heterocycles. The Bertz CT molecular complexity index is 686. The van der Waals surface area contributed by atoms with Gasteiger partial charge in [-0.25, -0.2) is 8.42 Å². The van der Waals surface area contributed by atoms with Gasteiger partial charge in [0.25, 0.3) is 0 Å². The van der Waals surface area contributed by atoms with E-state index < -0.39 is 10.0 Å². The van der Waals surface area contributed by atoms with Crippen LogP contribution in [0, 0.1) is 0 Å². The number of halogens is 1. The van der Waals surface area contributed by atoms with E-state index in [2.05, 4.69) is 0 Å². The molecule has 0 bridgehead atoms. The molecular formula is C16H24ClN3O3S. The van der Waals surface area contributed by atoms with Crippen LogP contribution in [0.4, 0.5) is 0 Å². The Balaban J connectivity index is 1.96. The fourth-order valence-corrected chi connectivity index (χ4v) is 4.22. The van der Waals surface area contributed by atoms with Gasteiger partial charge in [-0.1, -0.05) is 17.7 Å². The standard InChI is InChI=1S/C16H24ClN3O3S/c1-13(2)18(3)16(21)12-19-7-9-20(10-8-19)24(22,23)15-6-4-5-14(17)11-15/h4-6,11,13H,7-10,12H2,1-3H3. The lowest BCUT2D eigenvalue weighted by atomic mass is 10.3. The fourth-order valence-electron chi connectivity index (χ4n) is 2.50. The van der Waals surface area contributed by atoms with Crippen LogP contribution in [-0.2, 0) is 14.8 Å². The summed E-state index contributed by atoms with van der Waals surface area (Å²) in [5, 5.41) is 0.400. The molecule has 1 aromatic carbocycles. The summed E-state index contributed by atoms with van der Waals surface area (Å²) in [6.45, 7) is 6.07. The maximum atomic E-state index is 12.6. The second kappa shape index (κ2) is 7.82. The molecule has 1 fully saturated rings. The summed E-state index contributed by atoms with van der Waals surface area (Å²) in [4.78, 5) is 16.0. The van der Waals surface area contributed by atoms with Crippen LogP contribution in [0.15, 0.2) is 29.2 Å². The number of carbonyl (C=O) groups excluding carboxylic acids is 1. The van der Waals surface area contributed by atoms with Gasteiger partial charge in [-0.05, 0) is 32.0 Å². The number of nitrogens with zero attached hydrogens (tertiary/aromatic N) is 3. The minimum Gasteiger partial charge on any atom is -0.342 e. The molecule has 134 valence electrons. The monoisotopic (exact) mass is 373 g/mol. The van der Waals surface area contributed by atoms with Gasteiger partial charge in [0.15, 0.2) is 0 Å². The average molecular weight is 374 g/mol. The van der Waals surface area contributed by atoms with E-state index in [1.54, 1.807) is 30.1 Å². The molecule has 0 aliphatic carbocycles. The van der Waals surface area contributed by atoms with E-state index in [1.165, 1.54) is 10.4 Å². The summed E-state index contributed by atoms with van der Waals surface area (Å²) in [6.07, 6.45) is 0. The third kappa shape index (κ3) is 4.47. The van der Waals surface area contributed by atoms with Gasteiger partial charge < -0.3 is 4.90 Å². The maximum Gasteiger partial charge on any atom is 0.243 e. The molecule has 1 aromatic rings. The molecule has 0 atom stereocenters. The van der Waals surface area contributed by atoms with E-state index in [0.29, 0.717) is 37.7 Å². The number of rotatable bonds is 5. The van der Waals surface area contributed by atoms with Gasteiger partial charge in [0.05, 0.1) is 11.4 Å². The zero-order chi connectivity index (χ0) is 17.9. The SMILES string of the molecule is CC(C)N(C)C(=O)CN1CCN(S(=O)(=O)c2cccc(Cl)c2)CC1. The first-order chi connectivity index (χ1) is 11.2. The van der Waals surface area contributed by atoms with Crippen molar-refractivity contribution in [3.05, 3.63) is 29.3 Å². The lowest BCUT2D eigenvalue weighted by Crippen LogP contribution is -2.51. The first-order valence-electron chi connectivity index (χ1n) is 7.95. The van der Waals surface area contributed by atoms with E-state index >= 15 is 0 Å². The topological polar surface area (TPSA) is 60.9 Å². The minimum absolute atomic E-state index is 0.0520. The Morgan fingerprint density at radius 3 is 2.42 bits per heavy atom. The zero-order valence-corrected chi connectivity index (χ0v) is 15.8. The van der Waals surface area contributed by atoms with Gasteiger partial charge in [-0.3, -0.25) is 9.69 Å². The van der Waals surface area contributed by atoms with Crippen molar-refractivity contribution in [2.75, 3.05) is 39.8 Å². The van der Waals surface area contributed by atoms with E-state index in [9.17, 15) is 13.2 Å². The van der Waals surface area contributed by atoms with Crippen molar-refractivity contribution in [3.8, 4) is 0 Å². The molecule has 1 saturated heterocycles. The number of hydrogen-bond acceptors (Lipinski definition) is 4. The molecule has 0 saturated carbocycles. The van der Waals surface area contributed by atoms with Crippen molar-refractivity contribution < 1.29 is 13.2 Å². The van der Waals surface area contributed by atoms with Gasteiger partial charge >= 0.3 is 0 Å². The highest BCUT2D eigenvalue weighted by Crippen LogP contribution is 2.20. The number of carbonyl (C=O) groups is 1. The molecule has 0 aromatic heterocycles. The summed E-state index contributed by atoms with van der Waals surface area (Å²) in [7, 11) is -1.75. The number of sulfonamides is 1. The van der Waals surface area contributed by atoms with Crippen molar-refractivity contribution in [1.29, 1.82) is 0 Å². The number of piperazine rings is 1. The Hall–Kier alpha value is -1.15. The van der Waals surface area contributed by atoms with Crippen LogP contribution >= 0.6 is 11.6 Å². The Labute approximate surface area is 149 Å². The summed E-state index contributed by atoms with van der Waals surface area (Å²) in [5.74, 6) is 0.0520. The lowest BCUT2D eigenvalue weighted by molar-refractivity contribution is -0.132. The summed E-state index contributed by atoms with van der Waals surface area (Å²) < 4.78 is 26.7. The molecule has 0 N–H and O–H groups in total. The Kier molecular flexibility index (Phi) is 6.25. The van der Waals surface area contributed by atoms with E-state index in [0.717, 1.165) is 0 Å². The summed E-state index contributed by atoms with van der Waals surface area (Å²) in [5.41, 5.74) is 0. The van der Waals surface area contributed by atoms with E-state index in [4.69, 9.17) is 11.6 Å². The minimum atomic E-state index is -3.54. The van der Waals surface area contributed by atoms with Crippen molar-refractivity contribution >= 4 is 27.5 Å². The number of hydrogen-bond donors (Lipinski definition) is 0. The average Bonchev–Trinajstić information content (AvgIpc) is 2.54. The summed E-state index contributed by atoms with van der Waals surface area (Å²) >= 11 is 5.89. The highest BCUT2D eigenvalue weighted by atomic mass is 35.5. The van der Waals surface area contributed by atoms with Crippen LogP contribution < -0.4 is 0 Å². The zero-order valence-electron chi connectivity index (χ0n) is 14.3. The summed E-state index contributed by atoms with van der Waals surface area (Å²) in [6, 6.07) is 6.45. The molecule has 8 heteroatoms. The highest BCUT2D eigenvalue weighted by molar-refractivity contribution is 7.89. The number of benzene rings is 1. The van der Waals surface area contributed by atoms with Crippen LogP contribution in [0.1, 0.15) is 13.8 Å². The molecule has 2 rings (SSSR count). The van der Waals surface area contributed by atoms with Crippen LogP contribution in [0.5, 0.6) is 0 Å². The number of likely N-dealkylation sites (N-methyl/N-ethyl adjacent to an activating group) is 1. The molecule has 1 aliphatic heterocycles. The first kappa shape index (κ1) is 19.2. The molecular weight excluding hydrogens is 350 g/mol. The molecule has 6 nitrogen and oxygen atoms in total. The molecule has 24 heavy (non-hydrogen) atoms. The van der Waals surface area contributed by atoms with Gasteiger partial charge in [0.1, 0.15) is 0 Å². The Morgan fingerprint density at radius 2 is 1.88 bits per heavy atom. The van der Waals surface area contributed by atoms with Crippen LogP contribution in [0.3, 0.4) is 0 Å². The fraction of sp³-hybridized carbons (Fsp3) is 0.562. The van der Waals surface area contributed by atoms with Crippen molar-refractivity contribution in [3.63, 3.8) is 0 Å². The van der Waals surface area contributed by atoms with Gasteiger partial charge in [0.2, 0.25) is 15.9 Å². The van der Waals surface area contributed by atoms with Gasteiger partial charge in [-0.2, -0.15) is 4.31 Å². The predicted octanol–water partition coefficient (Wildman–Crippen LogP) is 1.51. The van der Waals surface area contributed by atoms with Crippen molar-refractivity contribution in [1.82, 2.24) is 14.1 Å². The highest BCUT2D eigenvalue weighted by Gasteiger charge is 2.29. The quantitative estimate of drug-likeness (QED) is 0.785. The first-order valence-corrected chi connectivity index (χ1v) is 9.77. The van der Waals surface area contributed by atoms with E-state index in [-0.39, 0.29) is 16.8 Å². The molecule has 1 aliphatic rings. The molecule has 0 spiro atoms. The largest absolute Gasteiger partial charge is 0.342 e. The van der Waals surface area contributed by atoms with Crippen LogP contribution in [0.25, 0.3) is 0 Å². The molecule has 0 radical (unpaired) electrons. The van der Waals surface area contributed by atoms with Crippen LogP contribution in [-0.4, -0.2) is 74.2 Å². The second-order valence-corrected chi connectivity index (χ2v) is 8.61. The van der Waals surface area contributed by atoms with Gasteiger partial charge in [-0.15, -0.1) is 0 Å². The maximum absolute atomic E-state index is 12.6. The van der Waals surface area contributed by atoms with Crippen molar-refractivity contribution in [2.24, 2.45) is 0 Å². The Morgan fingerprint density at radius 1 is 1.25 bits per heavy atom. The number of amides is 1. The molecule has 0 unspecified atom stereocenters. The van der Waals surface area contributed by atoms with Crippen LogP contribution in [0.2, 0.25) is 5.02 Å². The van der Waals surface area contributed by atoms with Gasteiger partial charge in [0, 0.05) is 44.3 Å². The second-order valence-electron chi connectivity index (χ2n) is 6.24. The lowest BCUT2D eigenvalue weighted by Gasteiger charge is -2.34. The molecule has 1 amide bonds. The normalized spacial score (nSPS) is 17.2. The smallest absolute Gasteiger partial charge is 0.243 e. The van der Waals surface area contributed by atoms with Crippen molar-refractivity contribution in [2.45, 2.75) is 24.8 Å². The third-order valence-corrected chi connectivity index (χ3v) is 6.42. The van der Waals surface area contributed by atoms with E-state index in [1.807, 2.05) is 18.7 Å². The predicted molar refractivity (Wildman–Crippen MR) is 94.6 cm³/mol. The third-order valence-electron chi connectivity index (χ3n) is 4.29.